The number of carbonyl (C=O) groups excluding carboxylic acids is 1. The highest BCUT2D eigenvalue weighted by atomic mass is 32.1. The molecule has 0 radical (unpaired) electrons. The molecule has 0 aliphatic rings. The second-order valence-corrected chi connectivity index (χ2v) is 6.15. The van der Waals surface area contributed by atoms with E-state index < -0.39 is 11.5 Å². The summed E-state index contributed by atoms with van der Waals surface area (Å²) in [6, 6.07) is 3.79. The van der Waals surface area contributed by atoms with E-state index in [0.717, 1.165) is 9.56 Å². The van der Waals surface area contributed by atoms with Crippen LogP contribution in [0.4, 0.5) is 0 Å². The van der Waals surface area contributed by atoms with E-state index in [-0.39, 0.29) is 12.2 Å². The number of hydrogen-bond donors (Lipinski definition) is 0. The van der Waals surface area contributed by atoms with E-state index in [1.165, 1.54) is 24.6 Å². The van der Waals surface area contributed by atoms with E-state index >= 15 is 0 Å². The smallest absolute Gasteiger partial charge is 0.344 e. The first-order chi connectivity index (χ1) is 11.5. The van der Waals surface area contributed by atoms with Crippen molar-refractivity contribution in [3.8, 4) is 10.8 Å². The summed E-state index contributed by atoms with van der Waals surface area (Å²) in [7, 11) is 1.50. The molecule has 3 rings (SSSR count). The summed E-state index contributed by atoms with van der Waals surface area (Å²) in [5.74, 6) is 0.183. The summed E-state index contributed by atoms with van der Waals surface area (Å²) < 4.78 is 11.9. The van der Waals surface area contributed by atoms with Crippen molar-refractivity contribution in [1.82, 2.24) is 14.8 Å². The Bertz CT molecular complexity index is 941. The van der Waals surface area contributed by atoms with Crippen LogP contribution in [0.3, 0.4) is 0 Å². The first-order valence-electron chi connectivity index (χ1n) is 7.17. The molecule has 0 fully saturated rings. The highest BCUT2D eigenvalue weighted by Gasteiger charge is 2.20. The Morgan fingerprint density at radius 2 is 2.21 bits per heavy atom. The summed E-state index contributed by atoms with van der Waals surface area (Å²) >= 11 is 1.50. The van der Waals surface area contributed by atoms with Gasteiger partial charge in [-0.3, -0.25) is 4.79 Å². The summed E-state index contributed by atoms with van der Waals surface area (Å²) in [5, 5.41) is 5.96. The Kier molecular flexibility index (Phi) is 4.30. The summed E-state index contributed by atoms with van der Waals surface area (Å²) in [5.41, 5.74) is 0.617. The lowest BCUT2D eigenvalue weighted by Gasteiger charge is -2.08. The van der Waals surface area contributed by atoms with Crippen molar-refractivity contribution in [1.29, 1.82) is 0 Å². The van der Waals surface area contributed by atoms with Crippen LogP contribution < -0.4 is 5.56 Å². The minimum absolute atomic E-state index is 0.0111. The second-order valence-electron chi connectivity index (χ2n) is 5.20. The SMILES string of the molecule is Cc1nn(C)c(=O)c(C(=O)OCc2cnc(-c3cccs3)o2)c1C. The minimum Gasteiger partial charge on any atom is -0.454 e. The third kappa shape index (κ3) is 3.00. The molecule has 0 aromatic carbocycles. The monoisotopic (exact) mass is 345 g/mol. The number of esters is 1. The molecule has 0 saturated carbocycles. The Morgan fingerprint density at radius 1 is 1.42 bits per heavy atom. The Labute approximate surface area is 141 Å². The van der Waals surface area contributed by atoms with E-state index in [4.69, 9.17) is 9.15 Å². The lowest BCUT2D eigenvalue weighted by Crippen LogP contribution is -2.29. The van der Waals surface area contributed by atoms with E-state index in [1.807, 2.05) is 17.5 Å². The molecule has 3 aromatic heterocycles. The van der Waals surface area contributed by atoms with Crippen molar-refractivity contribution in [2.45, 2.75) is 20.5 Å². The normalized spacial score (nSPS) is 10.8. The van der Waals surface area contributed by atoms with Crippen LogP contribution in [-0.4, -0.2) is 20.7 Å². The quantitative estimate of drug-likeness (QED) is 0.675. The minimum atomic E-state index is -0.701. The van der Waals surface area contributed by atoms with Crippen molar-refractivity contribution in [3.05, 3.63) is 56.6 Å². The highest BCUT2D eigenvalue weighted by Crippen LogP contribution is 2.24. The molecule has 0 bridgehead atoms. The molecular formula is C16H15N3O4S. The summed E-state index contributed by atoms with van der Waals surface area (Å²) in [6.07, 6.45) is 1.51. The highest BCUT2D eigenvalue weighted by molar-refractivity contribution is 7.13. The van der Waals surface area contributed by atoms with Gasteiger partial charge in [0, 0.05) is 7.05 Å². The lowest BCUT2D eigenvalue weighted by molar-refractivity contribution is 0.0442. The van der Waals surface area contributed by atoms with Gasteiger partial charge in [-0.1, -0.05) is 6.07 Å². The lowest BCUT2D eigenvalue weighted by atomic mass is 10.1. The van der Waals surface area contributed by atoms with Crippen molar-refractivity contribution in [3.63, 3.8) is 0 Å². The van der Waals surface area contributed by atoms with Gasteiger partial charge < -0.3 is 9.15 Å². The van der Waals surface area contributed by atoms with Crippen molar-refractivity contribution >= 4 is 17.3 Å². The van der Waals surface area contributed by atoms with Gasteiger partial charge in [0.15, 0.2) is 12.4 Å². The van der Waals surface area contributed by atoms with Crippen LogP contribution >= 0.6 is 11.3 Å². The third-order valence-corrected chi connectivity index (χ3v) is 4.42. The van der Waals surface area contributed by atoms with Crippen molar-refractivity contribution in [2.24, 2.45) is 7.05 Å². The van der Waals surface area contributed by atoms with Gasteiger partial charge in [0.25, 0.3) is 5.56 Å². The average Bonchev–Trinajstić information content (AvgIpc) is 3.22. The van der Waals surface area contributed by atoms with E-state index in [1.54, 1.807) is 13.8 Å². The van der Waals surface area contributed by atoms with Crippen LogP contribution in [-0.2, 0) is 18.4 Å². The predicted octanol–water partition coefficient (Wildman–Crippen LogP) is 2.47. The molecule has 0 spiro atoms. The Hall–Kier alpha value is -2.74. The van der Waals surface area contributed by atoms with Gasteiger partial charge in [-0.25, -0.2) is 14.5 Å². The number of thiophene rings is 1. The summed E-state index contributed by atoms with van der Waals surface area (Å²) in [6.45, 7) is 3.31. The van der Waals surface area contributed by atoms with Crippen LogP contribution in [0, 0.1) is 13.8 Å². The van der Waals surface area contributed by atoms with Gasteiger partial charge >= 0.3 is 5.97 Å². The first-order valence-corrected chi connectivity index (χ1v) is 8.05. The molecular weight excluding hydrogens is 330 g/mol. The van der Waals surface area contributed by atoms with Gasteiger partial charge in [0.05, 0.1) is 16.8 Å². The molecule has 7 nitrogen and oxygen atoms in total. The van der Waals surface area contributed by atoms with Crippen LogP contribution in [0.15, 0.2) is 32.9 Å². The van der Waals surface area contributed by atoms with E-state index in [9.17, 15) is 9.59 Å². The molecule has 0 aliphatic carbocycles. The second kappa shape index (κ2) is 6.40. The zero-order chi connectivity index (χ0) is 17.3. The van der Waals surface area contributed by atoms with Crippen molar-refractivity contribution in [2.75, 3.05) is 0 Å². The van der Waals surface area contributed by atoms with Crippen LogP contribution in [0.2, 0.25) is 0 Å². The number of nitrogens with zero attached hydrogens (tertiary/aromatic N) is 3. The van der Waals surface area contributed by atoms with Gasteiger partial charge in [0.1, 0.15) is 5.56 Å². The molecule has 3 aromatic rings. The molecule has 24 heavy (non-hydrogen) atoms. The summed E-state index contributed by atoms with van der Waals surface area (Å²) in [4.78, 5) is 29.4. The zero-order valence-corrected chi connectivity index (χ0v) is 14.2. The maximum atomic E-state index is 12.3. The molecule has 0 N–H and O–H groups in total. The molecule has 124 valence electrons. The number of hydrogen-bond acceptors (Lipinski definition) is 7. The molecule has 0 saturated heterocycles. The predicted molar refractivity (Wildman–Crippen MR) is 87.9 cm³/mol. The molecule has 0 unspecified atom stereocenters. The van der Waals surface area contributed by atoms with Gasteiger partial charge in [0.2, 0.25) is 5.89 Å². The van der Waals surface area contributed by atoms with Gasteiger partial charge in [-0.15, -0.1) is 11.3 Å². The maximum absolute atomic E-state index is 12.3. The molecule has 8 heteroatoms. The van der Waals surface area contributed by atoms with Crippen LogP contribution in [0.25, 0.3) is 10.8 Å². The van der Waals surface area contributed by atoms with E-state index in [0.29, 0.717) is 22.9 Å². The van der Waals surface area contributed by atoms with Crippen LogP contribution in [0.5, 0.6) is 0 Å². The number of carbonyl (C=O) groups is 1. The number of ether oxygens (including phenoxy) is 1. The average molecular weight is 345 g/mol. The fraction of sp³-hybridized carbons (Fsp3) is 0.250. The standard InChI is InChI=1S/C16H15N3O4S/c1-9-10(2)18-19(3)15(20)13(9)16(21)22-8-11-7-17-14(23-11)12-5-4-6-24-12/h4-7H,8H2,1-3H3. The molecule has 0 aliphatic heterocycles. The zero-order valence-electron chi connectivity index (χ0n) is 13.4. The molecule has 0 atom stereocenters. The number of aromatic nitrogens is 3. The van der Waals surface area contributed by atoms with E-state index in [2.05, 4.69) is 10.1 Å². The number of rotatable bonds is 4. The molecule has 3 heterocycles. The Balaban J connectivity index is 1.76. The van der Waals surface area contributed by atoms with Crippen molar-refractivity contribution < 1.29 is 13.9 Å². The molecule has 0 amide bonds. The first kappa shape index (κ1) is 16.1. The van der Waals surface area contributed by atoms with Gasteiger partial charge in [-0.05, 0) is 30.9 Å². The fourth-order valence-corrected chi connectivity index (χ4v) is 2.84. The number of aryl methyl sites for hydroxylation is 2. The Morgan fingerprint density at radius 3 is 2.92 bits per heavy atom. The third-order valence-electron chi connectivity index (χ3n) is 3.56. The maximum Gasteiger partial charge on any atom is 0.344 e. The number of oxazole rings is 1. The topological polar surface area (TPSA) is 87.2 Å². The largest absolute Gasteiger partial charge is 0.454 e. The van der Waals surface area contributed by atoms with Gasteiger partial charge in [-0.2, -0.15) is 5.10 Å². The van der Waals surface area contributed by atoms with Crippen LogP contribution in [0.1, 0.15) is 27.4 Å². The fourth-order valence-electron chi connectivity index (χ4n) is 2.19.